The van der Waals surface area contributed by atoms with Crippen LogP contribution in [-0.4, -0.2) is 70.5 Å². The summed E-state index contributed by atoms with van der Waals surface area (Å²) >= 11 is 0. The van der Waals surface area contributed by atoms with Gasteiger partial charge in [0.1, 0.15) is 10.6 Å². The Kier molecular flexibility index (Phi) is 9.39. The summed E-state index contributed by atoms with van der Waals surface area (Å²) in [5.41, 5.74) is 0.365. The zero-order valence-electron chi connectivity index (χ0n) is 17.9. The molecule has 1 N–H and O–H groups in total. The van der Waals surface area contributed by atoms with Crippen molar-refractivity contribution in [3.63, 3.8) is 0 Å². The Labute approximate surface area is 175 Å². The van der Waals surface area contributed by atoms with E-state index < -0.39 is 10.0 Å². The van der Waals surface area contributed by atoms with Crippen molar-refractivity contribution >= 4 is 15.9 Å². The first-order chi connectivity index (χ1) is 13.9. The third kappa shape index (κ3) is 6.69. The molecule has 29 heavy (non-hydrogen) atoms. The van der Waals surface area contributed by atoms with Gasteiger partial charge in [-0.2, -0.15) is 0 Å². The number of methoxy groups -OCH3 is 1. The second kappa shape index (κ2) is 11.5. The van der Waals surface area contributed by atoms with Crippen LogP contribution < -0.4 is 9.46 Å². The Hall–Kier alpha value is -1.64. The van der Waals surface area contributed by atoms with Crippen LogP contribution >= 0.6 is 0 Å². The van der Waals surface area contributed by atoms with Crippen LogP contribution in [0.3, 0.4) is 0 Å². The minimum atomic E-state index is -3.78. The van der Waals surface area contributed by atoms with E-state index in [1.807, 2.05) is 13.8 Å². The SMILES string of the molecule is CCCN(CCC)C(=O)c1ccc(OC)c(S(=O)(=O)NCCN2CCCCC2)c1. The smallest absolute Gasteiger partial charge is 0.253 e. The molecule has 0 radical (unpaired) electrons. The predicted octanol–water partition coefficient (Wildman–Crippen LogP) is 2.72. The number of nitrogens with one attached hydrogen (secondary N) is 1. The molecular weight excluding hydrogens is 390 g/mol. The summed E-state index contributed by atoms with van der Waals surface area (Å²) in [5.74, 6) is 0.0886. The van der Waals surface area contributed by atoms with Crippen LogP contribution in [0, 0.1) is 0 Å². The van der Waals surface area contributed by atoms with Crippen molar-refractivity contribution in [2.75, 3.05) is 46.4 Å². The van der Waals surface area contributed by atoms with Crippen molar-refractivity contribution in [3.8, 4) is 5.75 Å². The number of ether oxygens (including phenoxy) is 1. The molecule has 1 aliphatic heterocycles. The number of carbonyl (C=O) groups excluding carboxylic acids is 1. The van der Waals surface area contributed by atoms with Gasteiger partial charge in [0, 0.05) is 31.7 Å². The number of benzene rings is 1. The molecule has 0 aromatic heterocycles. The summed E-state index contributed by atoms with van der Waals surface area (Å²) in [6.45, 7) is 8.38. The Balaban J connectivity index is 2.16. The normalized spacial score (nSPS) is 15.3. The van der Waals surface area contributed by atoms with Gasteiger partial charge in [-0.25, -0.2) is 13.1 Å². The van der Waals surface area contributed by atoms with E-state index in [0.29, 0.717) is 31.7 Å². The standard InChI is InChI=1S/C21H35N3O4S/c1-4-12-24(13-5-2)21(25)18-9-10-19(28-3)20(17-18)29(26,27)22-11-16-23-14-7-6-8-15-23/h9-10,17,22H,4-8,11-16H2,1-3H3. The fraction of sp³-hybridized carbons (Fsp3) is 0.667. The Morgan fingerprint density at radius 3 is 2.38 bits per heavy atom. The molecule has 0 unspecified atom stereocenters. The molecule has 1 fully saturated rings. The van der Waals surface area contributed by atoms with Gasteiger partial charge in [-0.1, -0.05) is 20.3 Å². The van der Waals surface area contributed by atoms with Crippen molar-refractivity contribution in [1.82, 2.24) is 14.5 Å². The summed E-state index contributed by atoms with van der Waals surface area (Å²) in [6.07, 6.45) is 5.27. The van der Waals surface area contributed by atoms with E-state index in [9.17, 15) is 13.2 Å². The van der Waals surface area contributed by atoms with Gasteiger partial charge in [0.15, 0.2) is 0 Å². The monoisotopic (exact) mass is 425 g/mol. The summed E-state index contributed by atoms with van der Waals surface area (Å²) in [7, 11) is -2.35. The van der Waals surface area contributed by atoms with E-state index in [1.54, 1.807) is 17.0 Å². The number of likely N-dealkylation sites (tertiary alicyclic amines) is 1. The van der Waals surface area contributed by atoms with E-state index in [-0.39, 0.29) is 16.6 Å². The van der Waals surface area contributed by atoms with Crippen LogP contribution in [0.2, 0.25) is 0 Å². The summed E-state index contributed by atoms with van der Waals surface area (Å²) in [6, 6.07) is 4.62. The molecule has 1 saturated heterocycles. The number of rotatable bonds is 11. The fourth-order valence-corrected chi connectivity index (χ4v) is 4.87. The summed E-state index contributed by atoms with van der Waals surface area (Å²) in [4.78, 5) is 16.9. The zero-order valence-corrected chi connectivity index (χ0v) is 18.8. The second-order valence-corrected chi connectivity index (χ2v) is 9.19. The molecule has 2 rings (SSSR count). The molecule has 0 saturated carbocycles. The summed E-state index contributed by atoms with van der Waals surface area (Å²) < 4.78 is 33.8. The average Bonchev–Trinajstić information content (AvgIpc) is 2.73. The first-order valence-electron chi connectivity index (χ1n) is 10.6. The van der Waals surface area contributed by atoms with E-state index in [4.69, 9.17) is 4.74 Å². The molecular formula is C21H35N3O4S. The van der Waals surface area contributed by atoms with Gasteiger partial charge in [0.2, 0.25) is 10.0 Å². The van der Waals surface area contributed by atoms with Crippen LogP contribution in [0.15, 0.2) is 23.1 Å². The molecule has 0 spiro atoms. The van der Waals surface area contributed by atoms with Crippen LogP contribution in [0.1, 0.15) is 56.3 Å². The zero-order chi connectivity index (χ0) is 21.3. The molecule has 0 bridgehead atoms. The van der Waals surface area contributed by atoms with Crippen molar-refractivity contribution in [1.29, 1.82) is 0 Å². The van der Waals surface area contributed by atoms with Crippen molar-refractivity contribution in [3.05, 3.63) is 23.8 Å². The first kappa shape index (κ1) is 23.6. The van der Waals surface area contributed by atoms with Crippen LogP contribution in [0.4, 0.5) is 0 Å². The Morgan fingerprint density at radius 1 is 1.14 bits per heavy atom. The molecule has 8 heteroatoms. The van der Waals surface area contributed by atoms with E-state index >= 15 is 0 Å². The molecule has 1 aliphatic rings. The van der Waals surface area contributed by atoms with Crippen molar-refractivity contribution in [2.45, 2.75) is 50.8 Å². The lowest BCUT2D eigenvalue weighted by molar-refractivity contribution is 0.0755. The topological polar surface area (TPSA) is 78.9 Å². The quantitative estimate of drug-likeness (QED) is 0.590. The van der Waals surface area contributed by atoms with Gasteiger partial charge in [0.05, 0.1) is 7.11 Å². The second-order valence-electron chi connectivity index (χ2n) is 7.46. The maximum Gasteiger partial charge on any atom is 0.253 e. The number of hydrogen-bond donors (Lipinski definition) is 1. The lowest BCUT2D eigenvalue weighted by atomic mass is 10.1. The predicted molar refractivity (Wildman–Crippen MR) is 115 cm³/mol. The third-order valence-electron chi connectivity index (χ3n) is 5.14. The highest BCUT2D eigenvalue weighted by atomic mass is 32.2. The molecule has 1 heterocycles. The minimum absolute atomic E-state index is 0.0115. The highest BCUT2D eigenvalue weighted by Gasteiger charge is 2.23. The van der Waals surface area contributed by atoms with Crippen LogP contribution in [-0.2, 0) is 10.0 Å². The number of hydrogen-bond acceptors (Lipinski definition) is 5. The molecule has 0 aliphatic carbocycles. The lowest BCUT2D eigenvalue weighted by Crippen LogP contribution is -2.37. The maximum atomic E-state index is 12.9. The minimum Gasteiger partial charge on any atom is -0.495 e. The number of carbonyl (C=O) groups is 1. The largest absolute Gasteiger partial charge is 0.495 e. The fourth-order valence-electron chi connectivity index (χ4n) is 3.66. The van der Waals surface area contributed by atoms with E-state index in [2.05, 4.69) is 9.62 Å². The van der Waals surface area contributed by atoms with Gasteiger partial charge in [-0.05, 0) is 57.0 Å². The van der Waals surface area contributed by atoms with E-state index in [0.717, 1.165) is 38.8 Å². The number of piperidine rings is 1. The Morgan fingerprint density at radius 2 is 1.79 bits per heavy atom. The number of nitrogens with zero attached hydrogens (tertiary/aromatic N) is 2. The number of sulfonamides is 1. The first-order valence-corrected chi connectivity index (χ1v) is 12.1. The van der Waals surface area contributed by atoms with Gasteiger partial charge < -0.3 is 14.5 Å². The maximum absolute atomic E-state index is 12.9. The summed E-state index contributed by atoms with van der Waals surface area (Å²) in [5, 5.41) is 0. The molecule has 1 aromatic carbocycles. The lowest BCUT2D eigenvalue weighted by Gasteiger charge is -2.26. The van der Waals surface area contributed by atoms with Gasteiger partial charge in [0.25, 0.3) is 5.91 Å². The van der Waals surface area contributed by atoms with Crippen molar-refractivity contribution in [2.24, 2.45) is 0 Å². The molecule has 164 valence electrons. The number of amides is 1. The van der Waals surface area contributed by atoms with Gasteiger partial charge in [-0.15, -0.1) is 0 Å². The van der Waals surface area contributed by atoms with Crippen LogP contribution in [0.25, 0.3) is 0 Å². The van der Waals surface area contributed by atoms with E-state index in [1.165, 1.54) is 19.6 Å². The van der Waals surface area contributed by atoms with Gasteiger partial charge >= 0.3 is 0 Å². The average molecular weight is 426 g/mol. The molecule has 0 atom stereocenters. The highest BCUT2D eigenvalue weighted by Crippen LogP contribution is 2.25. The molecule has 1 aromatic rings. The highest BCUT2D eigenvalue weighted by molar-refractivity contribution is 7.89. The third-order valence-corrected chi connectivity index (χ3v) is 6.63. The van der Waals surface area contributed by atoms with Crippen LogP contribution in [0.5, 0.6) is 5.75 Å². The molecule has 1 amide bonds. The Bertz CT molecular complexity index is 755. The van der Waals surface area contributed by atoms with Gasteiger partial charge in [-0.3, -0.25) is 4.79 Å². The van der Waals surface area contributed by atoms with Crippen molar-refractivity contribution < 1.29 is 17.9 Å². The molecule has 7 nitrogen and oxygen atoms in total.